The Morgan fingerprint density at radius 2 is 2.04 bits per heavy atom. The van der Waals surface area contributed by atoms with Crippen molar-refractivity contribution in [3.8, 4) is 11.3 Å². The third kappa shape index (κ3) is 3.58. The quantitative estimate of drug-likeness (QED) is 0.924. The van der Waals surface area contributed by atoms with E-state index in [1.807, 2.05) is 12.1 Å². The SMILES string of the molecule is CC(C)c1cccc(-c2ccc(C(=O)N3CCOC[C@H]3C(N)=O)o2)c1. The average molecular weight is 342 g/mol. The third-order valence-corrected chi connectivity index (χ3v) is 4.37. The van der Waals surface area contributed by atoms with Gasteiger partial charge in [-0.25, -0.2) is 0 Å². The maximum absolute atomic E-state index is 12.7. The molecule has 0 saturated carbocycles. The van der Waals surface area contributed by atoms with Gasteiger partial charge in [0.05, 0.1) is 13.2 Å². The van der Waals surface area contributed by atoms with Gasteiger partial charge < -0.3 is 19.8 Å². The van der Waals surface area contributed by atoms with Crippen molar-refractivity contribution in [2.45, 2.75) is 25.8 Å². The molecule has 0 unspecified atom stereocenters. The van der Waals surface area contributed by atoms with Gasteiger partial charge in [-0.1, -0.05) is 32.0 Å². The van der Waals surface area contributed by atoms with E-state index in [-0.39, 0.29) is 18.3 Å². The molecule has 0 aliphatic carbocycles. The predicted molar refractivity (Wildman–Crippen MR) is 93.1 cm³/mol. The van der Waals surface area contributed by atoms with Gasteiger partial charge in [-0.05, 0) is 29.7 Å². The van der Waals surface area contributed by atoms with Gasteiger partial charge in [-0.3, -0.25) is 9.59 Å². The van der Waals surface area contributed by atoms with Gasteiger partial charge in [0.1, 0.15) is 11.8 Å². The highest BCUT2D eigenvalue weighted by Crippen LogP contribution is 2.26. The van der Waals surface area contributed by atoms with Crippen molar-refractivity contribution >= 4 is 11.8 Å². The van der Waals surface area contributed by atoms with E-state index < -0.39 is 11.9 Å². The number of benzene rings is 1. The molecule has 1 saturated heterocycles. The number of rotatable bonds is 4. The van der Waals surface area contributed by atoms with Crippen molar-refractivity contribution in [1.82, 2.24) is 4.90 Å². The zero-order valence-electron chi connectivity index (χ0n) is 14.4. The molecule has 6 heteroatoms. The summed E-state index contributed by atoms with van der Waals surface area (Å²) in [5.41, 5.74) is 7.48. The molecular weight excluding hydrogens is 320 g/mol. The fraction of sp³-hybridized carbons (Fsp3) is 0.368. The molecule has 2 aromatic rings. The topological polar surface area (TPSA) is 85.8 Å². The van der Waals surface area contributed by atoms with Crippen LogP contribution in [0.2, 0.25) is 0 Å². The second-order valence-electron chi connectivity index (χ2n) is 6.44. The fourth-order valence-electron chi connectivity index (χ4n) is 2.88. The summed E-state index contributed by atoms with van der Waals surface area (Å²) in [6, 6.07) is 10.7. The number of carbonyl (C=O) groups is 2. The summed E-state index contributed by atoms with van der Waals surface area (Å²) in [5.74, 6) is 0.288. The first-order valence-corrected chi connectivity index (χ1v) is 8.35. The van der Waals surface area contributed by atoms with E-state index in [4.69, 9.17) is 14.9 Å². The molecule has 1 fully saturated rings. The highest BCUT2D eigenvalue weighted by molar-refractivity contribution is 5.95. The summed E-state index contributed by atoms with van der Waals surface area (Å²) in [6.45, 7) is 5.05. The maximum Gasteiger partial charge on any atom is 0.290 e. The van der Waals surface area contributed by atoms with Crippen LogP contribution in [0.15, 0.2) is 40.8 Å². The van der Waals surface area contributed by atoms with Crippen LogP contribution in [0.4, 0.5) is 0 Å². The second kappa shape index (κ2) is 7.11. The van der Waals surface area contributed by atoms with Crippen LogP contribution in [0.5, 0.6) is 0 Å². The maximum atomic E-state index is 12.7. The highest BCUT2D eigenvalue weighted by atomic mass is 16.5. The minimum Gasteiger partial charge on any atom is -0.451 e. The summed E-state index contributed by atoms with van der Waals surface area (Å²) < 4.78 is 11.0. The van der Waals surface area contributed by atoms with Crippen LogP contribution in [-0.4, -0.2) is 42.5 Å². The number of hydrogen-bond acceptors (Lipinski definition) is 4. The lowest BCUT2D eigenvalue weighted by atomic mass is 10.0. The van der Waals surface area contributed by atoms with Crippen LogP contribution in [0.25, 0.3) is 11.3 Å². The zero-order chi connectivity index (χ0) is 18.0. The van der Waals surface area contributed by atoms with Crippen molar-refractivity contribution in [3.63, 3.8) is 0 Å². The molecule has 1 aliphatic heterocycles. The van der Waals surface area contributed by atoms with Crippen molar-refractivity contribution in [3.05, 3.63) is 47.7 Å². The van der Waals surface area contributed by atoms with Crippen LogP contribution in [0.1, 0.15) is 35.9 Å². The molecule has 25 heavy (non-hydrogen) atoms. The molecule has 1 aromatic heterocycles. The van der Waals surface area contributed by atoms with Crippen molar-refractivity contribution in [1.29, 1.82) is 0 Å². The number of primary amides is 1. The summed E-state index contributed by atoms with van der Waals surface area (Å²) in [5, 5.41) is 0. The number of morpholine rings is 1. The second-order valence-corrected chi connectivity index (χ2v) is 6.44. The van der Waals surface area contributed by atoms with Gasteiger partial charge in [0.15, 0.2) is 5.76 Å². The van der Waals surface area contributed by atoms with Gasteiger partial charge in [0.25, 0.3) is 5.91 Å². The summed E-state index contributed by atoms with van der Waals surface area (Å²) >= 11 is 0. The Balaban J connectivity index is 1.84. The van der Waals surface area contributed by atoms with Crippen molar-refractivity contribution in [2.75, 3.05) is 19.8 Å². The molecule has 1 aromatic carbocycles. The molecule has 0 radical (unpaired) electrons. The summed E-state index contributed by atoms with van der Waals surface area (Å²) in [7, 11) is 0. The molecule has 2 N–H and O–H groups in total. The van der Waals surface area contributed by atoms with Crippen molar-refractivity contribution < 1.29 is 18.7 Å². The van der Waals surface area contributed by atoms with Gasteiger partial charge in [0.2, 0.25) is 5.91 Å². The van der Waals surface area contributed by atoms with Crippen LogP contribution in [-0.2, 0) is 9.53 Å². The molecule has 0 bridgehead atoms. The lowest BCUT2D eigenvalue weighted by Crippen LogP contribution is -2.54. The van der Waals surface area contributed by atoms with E-state index in [9.17, 15) is 9.59 Å². The molecule has 0 spiro atoms. The van der Waals surface area contributed by atoms with Gasteiger partial charge >= 0.3 is 0 Å². The standard InChI is InChI=1S/C19H22N2O4/c1-12(2)13-4-3-5-14(10-13)16-6-7-17(25-16)19(23)21-8-9-24-11-15(21)18(20)22/h3-7,10,12,15H,8-9,11H2,1-2H3,(H2,20,22)/t15-/m0/s1. The number of nitrogens with two attached hydrogens (primary N) is 1. The first kappa shape index (κ1) is 17.2. The molecule has 6 nitrogen and oxygen atoms in total. The summed E-state index contributed by atoms with van der Waals surface area (Å²) in [6.07, 6.45) is 0. The minimum atomic E-state index is -0.765. The van der Waals surface area contributed by atoms with E-state index in [1.54, 1.807) is 12.1 Å². The molecule has 3 rings (SSSR count). The van der Waals surface area contributed by atoms with Gasteiger partial charge in [-0.2, -0.15) is 0 Å². The largest absolute Gasteiger partial charge is 0.451 e. The Hall–Kier alpha value is -2.60. The normalized spacial score (nSPS) is 17.7. The molecule has 2 heterocycles. The van der Waals surface area contributed by atoms with E-state index in [0.717, 1.165) is 5.56 Å². The number of carbonyl (C=O) groups excluding carboxylic acids is 2. The first-order chi connectivity index (χ1) is 12.0. The van der Waals surface area contributed by atoms with E-state index in [0.29, 0.717) is 24.8 Å². The molecule has 2 amide bonds. The highest BCUT2D eigenvalue weighted by Gasteiger charge is 2.33. The van der Waals surface area contributed by atoms with E-state index in [1.165, 1.54) is 10.5 Å². The monoisotopic (exact) mass is 342 g/mol. The third-order valence-electron chi connectivity index (χ3n) is 4.37. The number of hydrogen-bond donors (Lipinski definition) is 1. The molecular formula is C19H22N2O4. The lowest BCUT2D eigenvalue weighted by molar-refractivity contribution is -0.127. The Morgan fingerprint density at radius 3 is 2.76 bits per heavy atom. The van der Waals surface area contributed by atoms with Crippen LogP contribution >= 0.6 is 0 Å². The van der Waals surface area contributed by atoms with Crippen molar-refractivity contribution in [2.24, 2.45) is 5.73 Å². The van der Waals surface area contributed by atoms with E-state index >= 15 is 0 Å². The zero-order valence-corrected chi connectivity index (χ0v) is 14.4. The molecule has 1 atom stereocenters. The summed E-state index contributed by atoms with van der Waals surface area (Å²) in [4.78, 5) is 25.7. The number of nitrogens with zero attached hydrogens (tertiary/aromatic N) is 1. The van der Waals surface area contributed by atoms with Gasteiger partial charge in [-0.15, -0.1) is 0 Å². The number of ether oxygens (including phenoxy) is 1. The number of furan rings is 1. The predicted octanol–water partition coefficient (Wildman–Crippen LogP) is 2.40. The Bertz CT molecular complexity index is 781. The number of amides is 2. The Kier molecular flexibility index (Phi) is 4.90. The molecule has 132 valence electrons. The van der Waals surface area contributed by atoms with Gasteiger partial charge in [0, 0.05) is 12.1 Å². The average Bonchev–Trinajstić information content (AvgIpc) is 3.11. The van der Waals surface area contributed by atoms with E-state index in [2.05, 4.69) is 26.0 Å². The van der Waals surface area contributed by atoms with Crippen LogP contribution in [0, 0.1) is 0 Å². The Labute approximate surface area is 146 Å². The minimum absolute atomic E-state index is 0.116. The van der Waals surface area contributed by atoms with Crippen LogP contribution in [0.3, 0.4) is 0 Å². The van der Waals surface area contributed by atoms with Crippen LogP contribution < -0.4 is 5.73 Å². The first-order valence-electron chi connectivity index (χ1n) is 8.35. The molecule has 1 aliphatic rings. The smallest absolute Gasteiger partial charge is 0.290 e. The lowest BCUT2D eigenvalue weighted by Gasteiger charge is -2.32. The fourth-order valence-corrected chi connectivity index (χ4v) is 2.88. The Morgan fingerprint density at radius 1 is 1.24 bits per heavy atom.